The molecule has 2 N–H and O–H groups in total. The number of nitrogens with two attached hydrogens (primary N) is 1. The molecule has 0 unspecified atom stereocenters. The molecule has 1 saturated heterocycles. The van der Waals surface area contributed by atoms with Gasteiger partial charge in [-0.15, -0.1) is 0 Å². The summed E-state index contributed by atoms with van der Waals surface area (Å²) in [5, 5.41) is 0. The lowest BCUT2D eigenvalue weighted by molar-refractivity contribution is 0.00491. The topological polar surface area (TPSA) is 61.0 Å². The largest absolute Gasteiger partial charge is 0.384 e. The van der Waals surface area contributed by atoms with Gasteiger partial charge in [-0.05, 0) is 6.07 Å². The first-order valence-electron chi connectivity index (χ1n) is 3.52. The lowest BCUT2D eigenvalue weighted by Gasteiger charge is -2.24. The van der Waals surface area contributed by atoms with E-state index in [4.69, 9.17) is 10.5 Å². The van der Waals surface area contributed by atoms with Crippen LogP contribution in [0.3, 0.4) is 0 Å². The zero-order valence-corrected chi connectivity index (χ0v) is 6.03. The maximum absolute atomic E-state index is 5.48. The third kappa shape index (κ3) is 1.17. The summed E-state index contributed by atoms with van der Waals surface area (Å²) in [5.74, 6) is 1.69. The summed E-state index contributed by atoms with van der Waals surface area (Å²) in [7, 11) is 0. The molecule has 11 heavy (non-hydrogen) atoms. The third-order valence-electron chi connectivity index (χ3n) is 1.70. The second-order valence-corrected chi connectivity index (χ2v) is 2.57. The summed E-state index contributed by atoms with van der Waals surface area (Å²) in [6, 6.07) is 1.68. The van der Waals surface area contributed by atoms with Gasteiger partial charge in [-0.2, -0.15) is 0 Å². The predicted molar refractivity (Wildman–Crippen MR) is 40.0 cm³/mol. The molecule has 4 nitrogen and oxygen atoms in total. The van der Waals surface area contributed by atoms with E-state index in [9.17, 15) is 0 Å². The third-order valence-corrected chi connectivity index (χ3v) is 1.70. The van der Waals surface area contributed by atoms with E-state index in [2.05, 4.69) is 9.97 Å². The molecule has 0 amide bonds. The average Bonchev–Trinajstić information content (AvgIpc) is 1.83. The Morgan fingerprint density at radius 3 is 2.91 bits per heavy atom. The van der Waals surface area contributed by atoms with Crippen LogP contribution in [0, 0.1) is 0 Å². The van der Waals surface area contributed by atoms with E-state index in [0.717, 1.165) is 19.0 Å². The van der Waals surface area contributed by atoms with Gasteiger partial charge in [0.25, 0.3) is 0 Å². The van der Waals surface area contributed by atoms with Gasteiger partial charge in [0.1, 0.15) is 11.6 Å². The monoisotopic (exact) mass is 151 g/mol. The van der Waals surface area contributed by atoms with E-state index in [-0.39, 0.29) is 0 Å². The van der Waals surface area contributed by atoms with Crippen LogP contribution in [0.4, 0.5) is 5.82 Å². The van der Waals surface area contributed by atoms with Crippen LogP contribution in [0.5, 0.6) is 0 Å². The van der Waals surface area contributed by atoms with Crippen LogP contribution >= 0.6 is 0 Å². The first kappa shape index (κ1) is 6.54. The Labute approximate surface area is 64.4 Å². The van der Waals surface area contributed by atoms with Crippen molar-refractivity contribution in [3.05, 3.63) is 18.1 Å². The zero-order chi connectivity index (χ0) is 7.68. The summed E-state index contributed by atoms with van der Waals surface area (Å²) in [6.07, 6.45) is 1.68. The molecule has 0 spiro atoms. The number of nitrogens with zero attached hydrogens (tertiary/aromatic N) is 2. The number of rotatable bonds is 1. The summed E-state index contributed by atoms with van der Waals surface area (Å²) in [5.41, 5.74) is 5.48. The minimum Gasteiger partial charge on any atom is -0.384 e. The highest BCUT2D eigenvalue weighted by atomic mass is 16.5. The summed E-state index contributed by atoms with van der Waals surface area (Å²) in [6.45, 7) is 1.45. The molecule has 0 saturated carbocycles. The van der Waals surface area contributed by atoms with Gasteiger partial charge in [-0.3, -0.25) is 0 Å². The number of aromatic nitrogens is 2. The van der Waals surface area contributed by atoms with Crippen molar-refractivity contribution in [3.8, 4) is 0 Å². The Bertz CT molecular complexity index is 260. The van der Waals surface area contributed by atoms with Gasteiger partial charge in [0.15, 0.2) is 0 Å². The minimum absolute atomic E-state index is 0.360. The highest BCUT2D eigenvalue weighted by Crippen LogP contribution is 2.20. The fourth-order valence-corrected chi connectivity index (χ4v) is 0.970. The number of hydrogen-bond acceptors (Lipinski definition) is 4. The molecule has 0 radical (unpaired) electrons. The van der Waals surface area contributed by atoms with Gasteiger partial charge in [-0.25, -0.2) is 9.97 Å². The van der Waals surface area contributed by atoms with Gasteiger partial charge >= 0.3 is 0 Å². The molecule has 1 aromatic rings. The maximum Gasteiger partial charge on any atom is 0.138 e. The Kier molecular flexibility index (Phi) is 1.47. The van der Waals surface area contributed by atoms with Crippen molar-refractivity contribution >= 4 is 5.82 Å². The highest BCUT2D eigenvalue weighted by Gasteiger charge is 2.22. The smallest absolute Gasteiger partial charge is 0.138 e. The average molecular weight is 151 g/mol. The van der Waals surface area contributed by atoms with E-state index < -0.39 is 0 Å². The molecule has 0 aromatic carbocycles. The predicted octanol–water partition coefficient (Wildman–Crippen LogP) is 0.173. The second kappa shape index (κ2) is 2.47. The van der Waals surface area contributed by atoms with Gasteiger partial charge in [0, 0.05) is 6.20 Å². The molecule has 2 rings (SSSR count). The Balaban J connectivity index is 2.23. The van der Waals surface area contributed by atoms with E-state index in [1.54, 1.807) is 12.3 Å². The van der Waals surface area contributed by atoms with Crippen LogP contribution in [0.25, 0.3) is 0 Å². The molecule has 1 fully saturated rings. The van der Waals surface area contributed by atoms with E-state index in [1.807, 2.05) is 0 Å². The van der Waals surface area contributed by atoms with Crippen LogP contribution < -0.4 is 5.73 Å². The molecular formula is C7H9N3O. The number of anilines is 1. The standard InChI is InChI=1S/C7H9N3O/c8-6-1-2-9-7(10-6)5-3-11-4-5/h1-2,5H,3-4H2,(H2,8,9,10). The van der Waals surface area contributed by atoms with Crippen LogP contribution in [0.2, 0.25) is 0 Å². The zero-order valence-electron chi connectivity index (χ0n) is 6.03. The lowest BCUT2D eigenvalue weighted by atomic mass is 10.1. The van der Waals surface area contributed by atoms with Crippen LogP contribution in [0.15, 0.2) is 12.3 Å². The van der Waals surface area contributed by atoms with E-state index in [1.165, 1.54) is 0 Å². The van der Waals surface area contributed by atoms with Crippen LogP contribution in [-0.2, 0) is 4.74 Å². The molecule has 1 aromatic heterocycles. The number of ether oxygens (including phenoxy) is 1. The van der Waals surface area contributed by atoms with E-state index in [0.29, 0.717) is 11.7 Å². The van der Waals surface area contributed by atoms with E-state index >= 15 is 0 Å². The van der Waals surface area contributed by atoms with Crippen molar-refractivity contribution < 1.29 is 4.74 Å². The maximum atomic E-state index is 5.48. The molecule has 2 heterocycles. The van der Waals surface area contributed by atoms with Crippen molar-refractivity contribution in [2.24, 2.45) is 0 Å². The SMILES string of the molecule is Nc1ccnc(C2COC2)n1. The van der Waals surface area contributed by atoms with Crippen molar-refractivity contribution in [3.63, 3.8) is 0 Å². The summed E-state index contributed by atoms with van der Waals surface area (Å²) >= 11 is 0. The molecule has 58 valence electrons. The molecule has 1 aliphatic heterocycles. The first-order valence-corrected chi connectivity index (χ1v) is 3.52. The Hall–Kier alpha value is -1.16. The fourth-order valence-electron chi connectivity index (χ4n) is 0.970. The van der Waals surface area contributed by atoms with Crippen molar-refractivity contribution in [1.82, 2.24) is 9.97 Å². The molecule has 4 heteroatoms. The van der Waals surface area contributed by atoms with Gasteiger partial charge < -0.3 is 10.5 Å². The van der Waals surface area contributed by atoms with Crippen molar-refractivity contribution in [2.75, 3.05) is 18.9 Å². The normalized spacial score (nSPS) is 17.8. The quantitative estimate of drug-likeness (QED) is 0.621. The highest BCUT2D eigenvalue weighted by molar-refractivity contribution is 5.26. The van der Waals surface area contributed by atoms with Crippen molar-refractivity contribution in [2.45, 2.75) is 5.92 Å². The van der Waals surface area contributed by atoms with Gasteiger partial charge in [0.05, 0.1) is 19.1 Å². The molecule has 1 aliphatic rings. The molecular weight excluding hydrogens is 142 g/mol. The Morgan fingerprint density at radius 1 is 1.55 bits per heavy atom. The van der Waals surface area contributed by atoms with Crippen molar-refractivity contribution in [1.29, 1.82) is 0 Å². The number of nitrogen functional groups attached to an aromatic ring is 1. The van der Waals surface area contributed by atoms with Crippen LogP contribution in [-0.4, -0.2) is 23.2 Å². The summed E-state index contributed by atoms with van der Waals surface area (Å²) in [4.78, 5) is 8.17. The minimum atomic E-state index is 0.360. The van der Waals surface area contributed by atoms with Gasteiger partial charge in [0.2, 0.25) is 0 Å². The first-order chi connectivity index (χ1) is 5.36. The fraction of sp³-hybridized carbons (Fsp3) is 0.429. The molecule has 0 atom stereocenters. The number of hydrogen-bond donors (Lipinski definition) is 1. The van der Waals surface area contributed by atoms with Gasteiger partial charge in [-0.1, -0.05) is 0 Å². The Morgan fingerprint density at radius 2 is 2.36 bits per heavy atom. The second-order valence-electron chi connectivity index (χ2n) is 2.57. The van der Waals surface area contributed by atoms with Crippen LogP contribution in [0.1, 0.15) is 11.7 Å². The lowest BCUT2D eigenvalue weighted by Crippen LogP contribution is -2.27. The molecule has 0 aliphatic carbocycles. The molecule has 0 bridgehead atoms. The summed E-state index contributed by atoms with van der Waals surface area (Å²) < 4.78 is 5.01.